The summed E-state index contributed by atoms with van der Waals surface area (Å²) >= 11 is 0. The van der Waals surface area contributed by atoms with Crippen molar-refractivity contribution in [2.75, 3.05) is 0 Å². The van der Waals surface area contributed by atoms with Gasteiger partial charge in [-0.25, -0.2) is 0 Å². The van der Waals surface area contributed by atoms with Gasteiger partial charge >= 0.3 is 0 Å². The summed E-state index contributed by atoms with van der Waals surface area (Å²) in [5, 5.41) is 22.9. The van der Waals surface area contributed by atoms with Crippen LogP contribution >= 0.6 is 0 Å². The third-order valence-electron chi connectivity index (χ3n) is 3.04. The molecule has 6 nitrogen and oxygen atoms in total. The predicted octanol–water partition coefficient (Wildman–Crippen LogP) is 1.19. The number of carbonyl (C=O) groups excluding carboxylic acids is 1. The van der Waals surface area contributed by atoms with E-state index in [4.69, 9.17) is 0 Å². The third kappa shape index (κ3) is 2.90. The summed E-state index contributed by atoms with van der Waals surface area (Å²) < 4.78 is 1.56. The molecule has 108 valence electrons. The second kappa shape index (κ2) is 6.01. The summed E-state index contributed by atoms with van der Waals surface area (Å²) in [6, 6.07) is 15.8. The molecule has 0 N–H and O–H groups in total. The maximum Gasteiger partial charge on any atom is 0.184 e. The molecule has 0 aliphatic rings. The molecule has 0 amide bonds. The number of hydrogen-bond acceptors (Lipinski definition) is 5. The van der Waals surface area contributed by atoms with Gasteiger partial charge in [0, 0.05) is 5.56 Å². The van der Waals surface area contributed by atoms with Crippen LogP contribution in [0.2, 0.25) is 0 Å². The highest BCUT2D eigenvalue weighted by atomic mass is 16.4. The van der Waals surface area contributed by atoms with Gasteiger partial charge in [-0.1, -0.05) is 54.6 Å². The van der Waals surface area contributed by atoms with Crippen molar-refractivity contribution in [2.24, 2.45) is 5.10 Å². The van der Waals surface area contributed by atoms with Crippen molar-refractivity contribution >= 4 is 12.2 Å². The van der Waals surface area contributed by atoms with Crippen LogP contribution in [0.3, 0.4) is 0 Å². The molecule has 0 aliphatic heterocycles. The van der Waals surface area contributed by atoms with Crippen LogP contribution in [0, 0.1) is 0 Å². The van der Waals surface area contributed by atoms with E-state index in [1.165, 1.54) is 18.5 Å². The van der Waals surface area contributed by atoms with Gasteiger partial charge in [0.1, 0.15) is 6.33 Å². The zero-order chi connectivity index (χ0) is 15.4. The Bertz CT molecular complexity index is 808. The van der Waals surface area contributed by atoms with Gasteiger partial charge in [0.25, 0.3) is 0 Å². The molecule has 3 aromatic rings. The van der Waals surface area contributed by atoms with Crippen LogP contribution in [0.4, 0.5) is 0 Å². The lowest BCUT2D eigenvalue weighted by atomic mass is 10.1. The highest BCUT2D eigenvalue weighted by Gasteiger charge is 2.05. The SMILES string of the molecule is O=C([O-])c1ccc(/C=N\n2cnnc2-c2ccccc2)cc1. The Morgan fingerprint density at radius 2 is 1.82 bits per heavy atom. The van der Waals surface area contributed by atoms with E-state index in [1.807, 2.05) is 30.3 Å². The molecule has 2 aromatic carbocycles. The molecular formula is C16H11N4O2-. The van der Waals surface area contributed by atoms with E-state index in [9.17, 15) is 9.90 Å². The van der Waals surface area contributed by atoms with Crippen LogP contribution in [0.25, 0.3) is 11.4 Å². The minimum atomic E-state index is -1.20. The van der Waals surface area contributed by atoms with Crippen molar-refractivity contribution in [3.8, 4) is 11.4 Å². The number of aromatic carboxylic acids is 1. The molecule has 0 spiro atoms. The lowest BCUT2D eigenvalue weighted by Crippen LogP contribution is -2.21. The predicted molar refractivity (Wildman–Crippen MR) is 79.2 cm³/mol. The molecule has 0 bridgehead atoms. The van der Waals surface area contributed by atoms with E-state index in [1.54, 1.807) is 23.0 Å². The zero-order valence-electron chi connectivity index (χ0n) is 11.5. The van der Waals surface area contributed by atoms with Crippen LogP contribution < -0.4 is 5.11 Å². The molecular weight excluding hydrogens is 280 g/mol. The van der Waals surface area contributed by atoms with Crippen LogP contribution in [-0.4, -0.2) is 27.1 Å². The molecule has 0 atom stereocenters. The first-order valence-corrected chi connectivity index (χ1v) is 6.55. The normalized spacial score (nSPS) is 10.9. The summed E-state index contributed by atoms with van der Waals surface area (Å²) in [7, 11) is 0. The van der Waals surface area contributed by atoms with Crippen molar-refractivity contribution in [1.82, 2.24) is 14.9 Å². The lowest BCUT2D eigenvalue weighted by molar-refractivity contribution is -0.255. The van der Waals surface area contributed by atoms with E-state index in [2.05, 4.69) is 15.3 Å². The fraction of sp³-hybridized carbons (Fsp3) is 0. The van der Waals surface area contributed by atoms with Crippen LogP contribution in [0.15, 0.2) is 66.0 Å². The van der Waals surface area contributed by atoms with Gasteiger partial charge in [0.2, 0.25) is 0 Å². The Kier molecular flexibility index (Phi) is 3.74. The fourth-order valence-electron chi connectivity index (χ4n) is 1.93. The molecule has 6 heteroatoms. The number of carbonyl (C=O) groups is 1. The number of aromatic nitrogens is 3. The summed E-state index contributed by atoms with van der Waals surface area (Å²) in [4.78, 5) is 10.7. The number of carboxylic acid groups (broad SMARTS) is 1. The molecule has 0 radical (unpaired) electrons. The summed E-state index contributed by atoms with van der Waals surface area (Å²) in [6.45, 7) is 0. The Labute approximate surface area is 126 Å². The van der Waals surface area contributed by atoms with Crippen molar-refractivity contribution in [1.29, 1.82) is 0 Å². The molecule has 3 rings (SSSR count). The van der Waals surface area contributed by atoms with Crippen molar-refractivity contribution in [2.45, 2.75) is 0 Å². The zero-order valence-corrected chi connectivity index (χ0v) is 11.5. The van der Waals surface area contributed by atoms with Crippen LogP contribution in [0.1, 0.15) is 15.9 Å². The fourth-order valence-corrected chi connectivity index (χ4v) is 1.93. The molecule has 1 aromatic heterocycles. The van der Waals surface area contributed by atoms with Gasteiger partial charge in [-0.2, -0.15) is 9.78 Å². The molecule has 0 fully saturated rings. The number of benzene rings is 2. The van der Waals surface area contributed by atoms with Gasteiger partial charge < -0.3 is 9.90 Å². The Balaban J connectivity index is 1.85. The summed E-state index contributed by atoms with van der Waals surface area (Å²) in [5.41, 5.74) is 1.80. The smallest absolute Gasteiger partial charge is 0.184 e. The largest absolute Gasteiger partial charge is 0.545 e. The molecule has 1 heterocycles. The van der Waals surface area contributed by atoms with Gasteiger partial charge in [0.05, 0.1) is 12.2 Å². The molecule has 0 unspecified atom stereocenters. The second-order valence-corrected chi connectivity index (χ2v) is 4.52. The van der Waals surface area contributed by atoms with E-state index in [-0.39, 0.29) is 5.56 Å². The maximum absolute atomic E-state index is 10.7. The lowest BCUT2D eigenvalue weighted by Gasteiger charge is -2.02. The minimum Gasteiger partial charge on any atom is -0.545 e. The quantitative estimate of drug-likeness (QED) is 0.676. The number of carboxylic acids is 1. The highest BCUT2D eigenvalue weighted by Crippen LogP contribution is 2.15. The Morgan fingerprint density at radius 3 is 2.50 bits per heavy atom. The number of hydrogen-bond donors (Lipinski definition) is 0. The highest BCUT2D eigenvalue weighted by molar-refractivity contribution is 5.87. The van der Waals surface area contributed by atoms with Crippen LogP contribution in [0.5, 0.6) is 0 Å². The van der Waals surface area contributed by atoms with E-state index in [0.29, 0.717) is 5.82 Å². The minimum absolute atomic E-state index is 0.131. The first-order valence-electron chi connectivity index (χ1n) is 6.55. The Morgan fingerprint density at radius 1 is 1.09 bits per heavy atom. The van der Waals surface area contributed by atoms with Crippen molar-refractivity contribution in [3.05, 3.63) is 72.1 Å². The van der Waals surface area contributed by atoms with Gasteiger partial charge in [0.15, 0.2) is 5.82 Å². The number of nitrogens with zero attached hydrogens (tertiary/aromatic N) is 4. The summed E-state index contributed by atoms with van der Waals surface area (Å²) in [6.07, 6.45) is 3.11. The Hall–Kier alpha value is -3.28. The standard InChI is InChI=1S/C16H12N4O2/c21-16(22)14-8-6-12(7-9-14)10-18-20-11-17-19-15(20)13-4-2-1-3-5-13/h1-11H,(H,21,22)/p-1/b18-10-. The van der Waals surface area contributed by atoms with E-state index < -0.39 is 5.97 Å². The van der Waals surface area contributed by atoms with Gasteiger partial charge in [-0.05, 0) is 11.1 Å². The maximum atomic E-state index is 10.7. The second-order valence-electron chi connectivity index (χ2n) is 4.52. The molecule has 0 saturated heterocycles. The van der Waals surface area contributed by atoms with Crippen molar-refractivity contribution in [3.63, 3.8) is 0 Å². The van der Waals surface area contributed by atoms with Gasteiger partial charge in [-0.3, -0.25) is 0 Å². The average Bonchev–Trinajstić information content (AvgIpc) is 3.02. The van der Waals surface area contributed by atoms with E-state index >= 15 is 0 Å². The average molecular weight is 291 g/mol. The monoisotopic (exact) mass is 291 g/mol. The first-order chi connectivity index (χ1) is 10.7. The van der Waals surface area contributed by atoms with E-state index in [0.717, 1.165) is 11.1 Å². The number of rotatable bonds is 4. The first kappa shape index (κ1) is 13.7. The molecule has 0 saturated carbocycles. The topological polar surface area (TPSA) is 83.2 Å². The summed E-state index contributed by atoms with van der Waals surface area (Å²) in [5.74, 6) is -0.572. The molecule has 22 heavy (non-hydrogen) atoms. The third-order valence-corrected chi connectivity index (χ3v) is 3.04. The van der Waals surface area contributed by atoms with Crippen LogP contribution in [-0.2, 0) is 0 Å². The van der Waals surface area contributed by atoms with Gasteiger partial charge in [-0.15, -0.1) is 10.2 Å². The molecule has 0 aliphatic carbocycles. The van der Waals surface area contributed by atoms with Crippen molar-refractivity contribution < 1.29 is 9.90 Å².